The van der Waals surface area contributed by atoms with Gasteiger partial charge in [0, 0.05) is 25.8 Å². The zero-order chi connectivity index (χ0) is 19.6. The van der Waals surface area contributed by atoms with Crippen molar-refractivity contribution in [1.82, 2.24) is 9.99 Å². The maximum atomic E-state index is 13.2. The molecule has 0 unspecified atom stereocenters. The normalized spacial score (nSPS) is 17.9. The Bertz CT molecular complexity index is 879. The van der Waals surface area contributed by atoms with E-state index in [-0.39, 0.29) is 11.3 Å². The van der Waals surface area contributed by atoms with E-state index in [1.807, 2.05) is 0 Å². The molecular weight excluding hydrogens is 378 g/mol. The molecule has 0 radical (unpaired) electrons. The van der Waals surface area contributed by atoms with Gasteiger partial charge in [-0.25, -0.2) is 9.99 Å². The first-order valence-electron chi connectivity index (χ1n) is 9.07. The molecule has 1 aliphatic carbocycles. The molecule has 10 heteroatoms. The van der Waals surface area contributed by atoms with E-state index >= 15 is 0 Å². The van der Waals surface area contributed by atoms with E-state index in [0.717, 1.165) is 24.7 Å². The number of hydrazone groups is 1. The predicted molar refractivity (Wildman–Crippen MR) is 100 cm³/mol. The monoisotopic (exact) mass is 399 g/mol. The quantitative estimate of drug-likeness (QED) is 0.540. The Hall–Kier alpha value is -1.84. The minimum Gasteiger partial charge on any atom is -0.499 e. The van der Waals surface area contributed by atoms with Gasteiger partial charge in [0.15, 0.2) is 5.01 Å². The lowest BCUT2D eigenvalue weighted by molar-refractivity contribution is -0.137. The zero-order valence-corrected chi connectivity index (χ0v) is 16.2. The van der Waals surface area contributed by atoms with Crippen LogP contribution in [-0.4, -0.2) is 43.1 Å². The number of methoxy groups -OCH3 is 1. The van der Waals surface area contributed by atoms with E-state index in [1.165, 1.54) is 12.1 Å². The highest BCUT2D eigenvalue weighted by molar-refractivity contribution is 7.09. The molecule has 0 saturated heterocycles. The summed E-state index contributed by atoms with van der Waals surface area (Å²) in [7, 11) is 3.53. The van der Waals surface area contributed by atoms with Crippen molar-refractivity contribution in [3.05, 3.63) is 14.9 Å². The molecule has 0 fully saturated rings. The summed E-state index contributed by atoms with van der Waals surface area (Å²) in [6.07, 6.45) is 0.188. The molecule has 1 amide bonds. The lowest BCUT2D eigenvalue weighted by Crippen LogP contribution is -2.37. The van der Waals surface area contributed by atoms with Crippen LogP contribution in [0.2, 0.25) is 6.32 Å². The lowest BCUT2D eigenvalue weighted by Gasteiger charge is -2.25. The maximum Gasteiger partial charge on any atom is 0.443 e. The van der Waals surface area contributed by atoms with Gasteiger partial charge in [-0.3, -0.25) is 4.79 Å². The molecule has 1 aromatic rings. The van der Waals surface area contributed by atoms with Crippen molar-refractivity contribution < 1.29 is 22.7 Å². The highest BCUT2D eigenvalue weighted by atomic mass is 32.1. The SMILES string of the molecule is BCCCCN1N=C(C2=c3sc(C(F)(F)F)nc3=C(OC)CC2)CCC1=O. The Morgan fingerprint density at radius 1 is 1.22 bits per heavy atom. The molecule has 1 aromatic heterocycles. The number of hydrogen-bond donors (Lipinski definition) is 0. The predicted octanol–water partition coefficient (Wildman–Crippen LogP) is 1.67. The van der Waals surface area contributed by atoms with Crippen LogP contribution in [0.4, 0.5) is 13.2 Å². The largest absolute Gasteiger partial charge is 0.499 e. The van der Waals surface area contributed by atoms with E-state index in [1.54, 1.807) is 0 Å². The number of carbonyl (C=O) groups is 1. The van der Waals surface area contributed by atoms with Gasteiger partial charge in [-0.15, -0.1) is 11.3 Å². The second kappa shape index (κ2) is 8.04. The summed E-state index contributed by atoms with van der Waals surface area (Å²) in [6, 6.07) is 0. The number of fused-ring (bicyclic) bond motifs is 1. The highest BCUT2D eigenvalue weighted by Gasteiger charge is 2.36. The minimum absolute atomic E-state index is 0.0316. The summed E-state index contributed by atoms with van der Waals surface area (Å²) >= 11 is 0.628. The van der Waals surface area contributed by atoms with Crippen LogP contribution < -0.4 is 9.88 Å². The van der Waals surface area contributed by atoms with Crippen LogP contribution in [0.15, 0.2) is 5.10 Å². The summed E-state index contributed by atoms with van der Waals surface area (Å²) in [6.45, 7) is 0.544. The number of hydrogen-bond acceptors (Lipinski definition) is 5. The molecule has 5 nitrogen and oxygen atoms in total. The molecule has 0 saturated carbocycles. The van der Waals surface area contributed by atoms with Crippen molar-refractivity contribution in [2.75, 3.05) is 13.7 Å². The van der Waals surface area contributed by atoms with E-state index in [0.29, 0.717) is 59.6 Å². The number of alkyl halides is 3. The number of aromatic nitrogens is 1. The van der Waals surface area contributed by atoms with Gasteiger partial charge in [0.25, 0.3) is 0 Å². The van der Waals surface area contributed by atoms with Gasteiger partial charge in [-0.2, -0.15) is 18.3 Å². The van der Waals surface area contributed by atoms with Crippen molar-refractivity contribution >= 4 is 42.1 Å². The molecule has 27 heavy (non-hydrogen) atoms. The maximum absolute atomic E-state index is 13.2. The van der Waals surface area contributed by atoms with E-state index < -0.39 is 11.2 Å². The molecule has 0 bridgehead atoms. The number of ether oxygens (including phenoxy) is 1. The molecule has 2 aliphatic rings. The number of carbonyl (C=O) groups excluding carboxylic acids is 1. The third kappa shape index (κ3) is 4.20. The third-order valence-corrected chi connectivity index (χ3v) is 5.84. The second-order valence-corrected chi connectivity index (χ2v) is 7.57. The smallest absolute Gasteiger partial charge is 0.443 e. The fourth-order valence-corrected chi connectivity index (χ4v) is 4.33. The van der Waals surface area contributed by atoms with E-state index in [9.17, 15) is 18.0 Å². The van der Waals surface area contributed by atoms with Crippen LogP contribution in [0, 0.1) is 0 Å². The molecule has 0 aromatic carbocycles. The molecule has 0 atom stereocenters. The minimum atomic E-state index is -4.50. The number of halogens is 3. The molecule has 2 heterocycles. The third-order valence-electron chi connectivity index (χ3n) is 4.68. The molecule has 0 spiro atoms. The molecule has 3 rings (SSSR count). The van der Waals surface area contributed by atoms with Gasteiger partial charge in [-0.1, -0.05) is 12.7 Å². The number of nitrogens with zero attached hydrogens (tertiary/aromatic N) is 3. The fraction of sp³-hybridized carbons (Fsp3) is 0.588. The Balaban J connectivity index is 2.06. The van der Waals surface area contributed by atoms with Crippen LogP contribution in [0.5, 0.6) is 0 Å². The van der Waals surface area contributed by atoms with E-state index in [2.05, 4.69) is 17.9 Å². The van der Waals surface area contributed by atoms with Crippen LogP contribution in [0.3, 0.4) is 0 Å². The highest BCUT2D eigenvalue weighted by Crippen LogP contribution is 2.30. The number of thiazole rings is 1. The number of rotatable bonds is 6. The Labute approximate surface area is 160 Å². The Morgan fingerprint density at radius 2 is 2.00 bits per heavy atom. The van der Waals surface area contributed by atoms with Gasteiger partial charge >= 0.3 is 6.18 Å². The molecule has 0 N–H and O–H groups in total. The lowest BCUT2D eigenvalue weighted by atomic mass is 9.96. The van der Waals surface area contributed by atoms with Crippen LogP contribution in [0.25, 0.3) is 11.3 Å². The first kappa shape index (κ1) is 19.9. The average Bonchev–Trinajstić information content (AvgIpc) is 3.08. The summed E-state index contributed by atoms with van der Waals surface area (Å²) in [5.74, 6) is 0.434. The molecule has 1 aliphatic heterocycles. The van der Waals surface area contributed by atoms with Crippen molar-refractivity contribution in [3.63, 3.8) is 0 Å². The topological polar surface area (TPSA) is 54.8 Å². The van der Waals surface area contributed by atoms with Gasteiger partial charge in [-0.05, 0) is 18.4 Å². The number of unbranched alkanes of at least 4 members (excludes halogenated alkanes) is 1. The zero-order valence-electron chi connectivity index (χ0n) is 15.4. The van der Waals surface area contributed by atoms with Gasteiger partial charge in [0.2, 0.25) is 5.91 Å². The summed E-state index contributed by atoms with van der Waals surface area (Å²) in [5, 5.41) is 5.34. The van der Waals surface area contributed by atoms with Gasteiger partial charge < -0.3 is 4.74 Å². The first-order valence-corrected chi connectivity index (χ1v) is 9.89. The summed E-state index contributed by atoms with van der Waals surface area (Å²) in [4.78, 5) is 15.9. The second-order valence-electron chi connectivity index (χ2n) is 6.57. The summed E-state index contributed by atoms with van der Waals surface area (Å²) < 4.78 is 45.2. The van der Waals surface area contributed by atoms with Crippen molar-refractivity contribution in [1.29, 1.82) is 0 Å². The van der Waals surface area contributed by atoms with Gasteiger partial charge in [0.1, 0.15) is 19.0 Å². The Morgan fingerprint density at radius 3 is 2.67 bits per heavy atom. The van der Waals surface area contributed by atoms with Crippen molar-refractivity contribution in [3.8, 4) is 0 Å². The van der Waals surface area contributed by atoms with E-state index in [4.69, 9.17) is 4.74 Å². The van der Waals surface area contributed by atoms with Crippen LogP contribution >= 0.6 is 11.3 Å². The molecular formula is C17H21BF3N3O2S. The first-order chi connectivity index (χ1) is 12.8. The fourth-order valence-electron chi connectivity index (χ4n) is 3.28. The van der Waals surface area contributed by atoms with Crippen molar-refractivity contribution in [2.45, 2.75) is 51.0 Å². The summed E-state index contributed by atoms with van der Waals surface area (Å²) in [5.41, 5.74) is 1.45. The molecule has 146 valence electrons. The average molecular weight is 399 g/mol. The number of amides is 1. The van der Waals surface area contributed by atoms with Crippen molar-refractivity contribution in [2.24, 2.45) is 5.10 Å². The van der Waals surface area contributed by atoms with Crippen LogP contribution in [0.1, 0.15) is 43.5 Å². The van der Waals surface area contributed by atoms with Gasteiger partial charge in [0.05, 0.1) is 17.4 Å². The van der Waals surface area contributed by atoms with Crippen LogP contribution in [-0.2, 0) is 15.7 Å². The Kier molecular flexibility index (Phi) is 5.93. The standard InChI is InChI=1S/C17H21BF3N3O2S/c1-26-12-6-4-10(15-14(12)22-16(27-15)17(19,20)21)11-5-7-13(25)24(23-11)9-3-2-8-18/h2-9,18H2,1H3.